The molecule has 1 saturated heterocycles. The first kappa shape index (κ1) is 19.2. The SMILES string of the molecule is CC(=O)N(CCN(C)C)CC(=O)Nc1ccccc1N1CCOCC1. The number of anilines is 2. The van der Waals surface area contributed by atoms with Crippen molar-refractivity contribution in [2.24, 2.45) is 0 Å². The molecule has 0 saturated carbocycles. The lowest BCUT2D eigenvalue weighted by Gasteiger charge is -2.30. The number of nitrogens with zero attached hydrogens (tertiary/aromatic N) is 3. The minimum atomic E-state index is -0.185. The van der Waals surface area contributed by atoms with Gasteiger partial charge in [-0.25, -0.2) is 0 Å². The van der Waals surface area contributed by atoms with Gasteiger partial charge < -0.3 is 24.8 Å². The van der Waals surface area contributed by atoms with E-state index in [9.17, 15) is 9.59 Å². The minimum absolute atomic E-state index is 0.0562. The molecule has 7 heteroatoms. The van der Waals surface area contributed by atoms with Crippen LogP contribution in [0.3, 0.4) is 0 Å². The maximum absolute atomic E-state index is 12.4. The van der Waals surface area contributed by atoms with Crippen LogP contribution in [0, 0.1) is 0 Å². The van der Waals surface area contributed by atoms with Crippen LogP contribution in [0.5, 0.6) is 0 Å². The van der Waals surface area contributed by atoms with Crippen molar-refractivity contribution in [3.63, 3.8) is 0 Å². The van der Waals surface area contributed by atoms with Gasteiger partial charge in [-0.15, -0.1) is 0 Å². The molecule has 1 aliphatic rings. The van der Waals surface area contributed by atoms with Crippen LogP contribution in [0.25, 0.3) is 0 Å². The molecule has 0 aliphatic carbocycles. The van der Waals surface area contributed by atoms with Gasteiger partial charge in [0.05, 0.1) is 31.1 Å². The smallest absolute Gasteiger partial charge is 0.244 e. The standard InChI is InChI=1S/C18H28N4O3/c1-15(23)22(9-8-20(2)3)14-18(24)19-16-6-4-5-7-17(16)21-10-12-25-13-11-21/h4-7H,8-14H2,1-3H3,(H,19,24). The number of hydrogen-bond donors (Lipinski definition) is 1. The molecule has 0 unspecified atom stereocenters. The highest BCUT2D eigenvalue weighted by Crippen LogP contribution is 2.26. The van der Waals surface area contributed by atoms with E-state index in [1.807, 2.05) is 43.3 Å². The van der Waals surface area contributed by atoms with E-state index < -0.39 is 0 Å². The number of carbonyl (C=O) groups excluding carboxylic acids is 2. The van der Waals surface area contributed by atoms with Gasteiger partial charge in [0.1, 0.15) is 0 Å². The topological polar surface area (TPSA) is 65.1 Å². The summed E-state index contributed by atoms with van der Waals surface area (Å²) in [6, 6.07) is 7.74. The summed E-state index contributed by atoms with van der Waals surface area (Å²) in [6.07, 6.45) is 0. The quantitative estimate of drug-likeness (QED) is 0.792. The zero-order valence-electron chi connectivity index (χ0n) is 15.3. The van der Waals surface area contributed by atoms with E-state index in [1.165, 1.54) is 6.92 Å². The predicted molar refractivity (Wildman–Crippen MR) is 98.9 cm³/mol. The fourth-order valence-corrected chi connectivity index (χ4v) is 2.69. The molecular weight excluding hydrogens is 320 g/mol. The Hall–Kier alpha value is -2.12. The third kappa shape index (κ3) is 6.03. The van der Waals surface area contributed by atoms with E-state index in [1.54, 1.807) is 4.90 Å². The molecule has 1 N–H and O–H groups in total. The lowest BCUT2D eigenvalue weighted by atomic mass is 10.2. The Labute approximate surface area is 149 Å². The molecular formula is C18H28N4O3. The van der Waals surface area contributed by atoms with Crippen molar-refractivity contribution in [1.29, 1.82) is 0 Å². The Balaban J connectivity index is 2.00. The summed E-state index contributed by atoms with van der Waals surface area (Å²) in [5, 5.41) is 2.95. The van der Waals surface area contributed by atoms with Gasteiger partial charge in [-0.3, -0.25) is 9.59 Å². The second-order valence-corrected chi connectivity index (χ2v) is 6.41. The Morgan fingerprint density at radius 1 is 1.16 bits per heavy atom. The summed E-state index contributed by atoms with van der Waals surface area (Å²) in [5.41, 5.74) is 1.76. The third-order valence-corrected chi connectivity index (χ3v) is 4.13. The first-order valence-corrected chi connectivity index (χ1v) is 8.59. The number of amides is 2. The largest absolute Gasteiger partial charge is 0.378 e. The number of ether oxygens (including phenoxy) is 1. The Bertz CT molecular complexity index is 585. The number of nitrogens with one attached hydrogen (secondary N) is 1. The van der Waals surface area contributed by atoms with Crippen molar-refractivity contribution in [3.05, 3.63) is 24.3 Å². The minimum Gasteiger partial charge on any atom is -0.378 e. The Morgan fingerprint density at radius 2 is 1.84 bits per heavy atom. The zero-order chi connectivity index (χ0) is 18.2. The van der Waals surface area contributed by atoms with Crippen molar-refractivity contribution in [2.45, 2.75) is 6.92 Å². The van der Waals surface area contributed by atoms with Crippen LogP contribution < -0.4 is 10.2 Å². The third-order valence-electron chi connectivity index (χ3n) is 4.13. The van der Waals surface area contributed by atoms with Crippen molar-refractivity contribution in [1.82, 2.24) is 9.80 Å². The molecule has 1 heterocycles. The summed E-state index contributed by atoms with van der Waals surface area (Å²) >= 11 is 0. The summed E-state index contributed by atoms with van der Waals surface area (Å²) in [4.78, 5) is 30.0. The summed E-state index contributed by atoms with van der Waals surface area (Å²) in [5.74, 6) is -0.284. The maximum atomic E-state index is 12.4. The molecule has 2 amide bonds. The van der Waals surface area contributed by atoms with E-state index in [4.69, 9.17) is 4.74 Å². The molecule has 0 bridgehead atoms. The predicted octanol–water partition coefficient (Wildman–Crippen LogP) is 0.872. The van der Waals surface area contributed by atoms with Gasteiger partial charge in [0.2, 0.25) is 11.8 Å². The maximum Gasteiger partial charge on any atom is 0.244 e. The van der Waals surface area contributed by atoms with Gasteiger partial charge in [0, 0.05) is 33.1 Å². The number of para-hydroxylation sites is 2. The van der Waals surface area contributed by atoms with E-state index in [-0.39, 0.29) is 18.4 Å². The van der Waals surface area contributed by atoms with Crippen LogP contribution in [0.4, 0.5) is 11.4 Å². The van der Waals surface area contributed by atoms with Crippen LogP contribution in [-0.2, 0) is 14.3 Å². The van der Waals surface area contributed by atoms with Gasteiger partial charge in [0.25, 0.3) is 0 Å². The normalized spacial score (nSPS) is 14.5. The number of carbonyl (C=O) groups is 2. The molecule has 2 rings (SSSR count). The van der Waals surface area contributed by atoms with Crippen molar-refractivity contribution in [2.75, 3.05) is 70.2 Å². The zero-order valence-corrected chi connectivity index (χ0v) is 15.3. The number of rotatable bonds is 7. The second-order valence-electron chi connectivity index (χ2n) is 6.41. The number of likely N-dealkylation sites (N-methyl/N-ethyl adjacent to an activating group) is 1. The highest BCUT2D eigenvalue weighted by Gasteiger charge is 2.18. The molecule has 1 aromatic rings. The molecule has 1 aromatic carbocycles. The Morgan fingerprint density at radius 3 is 2.48 bits per heavy atom. The molecule has 1 fully saturated rings. The molecule has 0 spiro atoms. The average Bonchev–Trinajstić information content (AvgIpc) is 2.59. The van der Waals surface area contributed by atoms with Crippen LogP contribution in [0.15, 0.2) is 24.3 Å². The van der Waals surface area contributed by atoms with Gasteiger partial charge in [0.15, 0.2) is 0 Å². The van der Waals surface area contributed by atoms with Crippen LogP contribution >= 0.6 is 0 Å². The van der Waals surface area contributed by atoms with Crippen molar-refractivity contribution in [3.8, 4) is 0 Å². The lowest BCUT2D eigenvalue weighted by molar-refractivity contribution is -0.132. The van der Waals surface area contributed by atoms with Crippen molar-refractivity contribution >= 4 is 23.2 Å². The fraction of sp³-hybridized carbons (Fsp3) is 0.556. The highest BCUT2D eigenvalue weighted by atomic mass is 16.5. The van der Waals surface area contributed by atoms with E-state index in [0.29, 0.717) is 19.8 Å². The van der Waals surface area contributed by atoms with Crippen LogP contribution in [0.1, 0.15) is 6.92 Å². The fourth-order valence-electron chi connectivity index (χ4n) is 2.69. The van der Waals surface area contributed by atoms with E-state index in [2.05, 4.69) is 10.2 Å². The van der Waals surface area contributed by atoms with Gasteiger partial charge >= 0.3 is 0 Å². The number of benzene rings is 1. The molecule has 0 radical (unpaired) electrons. The number of morpholine rings is 1. The first-order valence-electron chi connectivity index (χ1n) is 8.59. The molecule has 138 valence electrons. The molecule has 7 nitrogen and oxygen atoms in total. The Kier molecular flexibility index (Phi) is 7.21. The number of hydrogen-bond acceptors (Lipinski definition) is 5. The lowest BCUT2D eigenvalue weighted by Crippen LogP contribution is -2.41. The molecule has 1 aliphatic heterocycles. The van der Waals surface area contributed by atoms with Gasteiger partial charge in [-0.05, 0) is 26.2 Å². The summed E-state index contributed by atoms with van der Waals surface area (Å²) < 4.78 is 5.39. The average molecular weight is 348 g/mol. The van der Waals surface area contributed by atoms with E-state index in [0.717, 1.165) is 31.0 Å². The summed E-state index contributed by atoms with van der Waals surface area (Å²) in [6.45, 7) is 5.77. The van der Waals surface area contributed by atoms with Crippen LogP contribution in [-0.4, -0.2) is 81.6 Å². The monoisotopic (exact) mass is 348 g/mol. The van der Waals surface area contributed by atoms with Gasteiger partial charge in [-0.2, -0.15) is 0 Å². The molecule has 0 aromatic heterocycles. The molecule has 0 atom stereocenters. The van der Waals surface area contributed by atoms with E-state index >= 15 is 0 Å². The highest BCUT2D eigenvalue weighted by molar-refractivity contribution is 5.97. The molecule has 25 heavy (non-hydrogen) atoms. The van der Waals surface area contributed by atoms with Crippen LogP contribution in [0.2, 0.25) is 0 Å². The van der Waals surface area contributed by atoms with Gasteiger partial charge in [-0.1, -0.05) is 12.1 Å². The van der Waals surface area contributed by atoms with Crippen molar-refractivity contribution < 1.29 is 14.3 Å². The second kappa shape index (κ2) is 9.39. The summed E-state index contributed by atoms with van der Waals surface area (Å²) in [7, 11) is 3.88. The first-order chi connectivity index (χ1) is 12.0.